The van der Waals surface area contributed by atoms with Crippen molar-refractivity contribution in [3.05, 3.63) is 119 Å². The topological polar surface area (TPSA) is 120 Å². The zero-order valence-corrected chi connectivity index (χ0v) is 33.6. The van der Waals surface area contributed by atoms with Crippen LogP contribution in [0.5, 0.6) is 23.0 Å². The van der Waals surface area contributed by atoms with Gasteiger partial charge in [-0.15, -0.1) is 0 Å². The van der Waals surface area contributed by atoms with Gasteiger partial charge in [0, 0.05) is 58.3 Å². The molecule has 3 amide bonds. The summed E-state index contributed by atoms with van der Waals surface area (Å²) in [5, 5.41) is 1.91. The van der Waals surface area contributed by atoms with E-state index in [2.05, 4.69) is 0 Å². The summed E-state index contributed by atoms with van der Waals surface area (Å²) < 4.78 is 28.5. The number of hydrogen-bond donors (Lipinski definition) is 0. The Kier molecular flexibility index (Phi) is 13.0. The van der Waals surface area contributed by atoms with Crippen molar-refractivity contribution >= 4 is 17.9 Å². The van der Waals surface area contributed by atoms with Crippen molar-refractivity contribution in [1.29, 1.82) is 0 Å². The van der Waals surface area contributed by atoms with Gasteiger partial charge < -0.3 is 38.4 Å². The predicted molar refractivity (Wildman–Crippen MR) is 216 cm³/mol. The number of carbonyl (C=O) groups excluding carboxylic acids is 3. The lowest BCUT2D eigenvalue weighted by atomic mass is 9.65. The third-order valence-corrected chi connectivity index (χ3v) is 11.4. The maximum Gasteiger partial charge on any atom is 0.410 e. The van der Waals surface area contributed by atoms with Gasteiger partial charge in [0.25, 0.3) is 0 Å². The summed E-state index contributed by atoms with van der Waals surface area (Å²) in [4.78, 5) is 54.7. The Morgan fingerprint density at radius 2 is 1.10 bits per heavy atom. The number of rotatable bonds is 12. The first-order valence-corrected chi connectivity index (χ1v) is 19.7. The van der Waals surface area contributed by atoms with Gasteiger partial charge in [-0.05, 0) is 58.5 Å². The average Bonchev–Trinajstić information content (AvgIpc) is 3.29. The van der Waals surface area contributed by atoms with Crippen molar-refractivity contribution < 1.29 is 42.9 Å². The number of carbonyl (C=O) groups is 3. The highest BCUT2D eigenvalue weighted by Gasteiger charge is 2.49. The maximum atomic E-state index is 15.2. The molecular weight excluding hydrogens is 741 g/mol. The molecule has 13 nitrogen and oxygen atoms in total. The van der Waals surface area contributed by atoms with Gasteiger partial charge >= 0.3 is 6.09 Å². The summed E-state index contributed by atoms with van der Waals surface area (Å²) >= 11 is 0. The third kappa shape index (κ3) is 8.85. The van der Waals surface area contributed by atoms with Crippen LogP contribution in [0.15, 0.2) is 91.0 Å². The quantitative estimate of drug-likeness (QED) is 0.185. The molecule has 4 aromatic rings. The Morgan fingerprint density at radius 3 is 1.72 bits per heavy atom. The maximum absolute atomic E-state index is 15.2. The number of amides is 3. The van der Waals surface area contributed by atoms with E-state index in [-0.39, 0.29) is 18.4 Å². The van der Waals surface area contributed by atoms with E-state index < -0.39 is 23.8 Å². The van der Waals surface area contributed by atoms with Crippen LogP contribution in [0, 0.1) is 11.8 Å². The van der Waals surface area contributed by atoms with Crippen molar-refractivity contribution in [2.45, 2.75) is 25.6 Å². The molecule has 4 aromatic carbocycles. The molecule has 0 saturated carbocycles. The van der Waals surface area contributed by atoms with Gasteiger partial charge in [0.2, 0.25) is 11.8 Å². The van der Waals surface area contributed by atoms with E-state index in [0.717, 1.165) is 27.8 Å². The molecule has 1 aliphatic carbocycles. The molecule has 2 fully saturated rings. The Balaban J connectivity index is 1.18. The van der Waals surface area contributed by atoms with Crippen LogP contribution < -0.4 is 18.9 Å². The molecule has 2 saturated heterocycles. The molecule has 2 aliphatic heterocycles. The standard InChI is InChI=1S/C45H52N4O9/c1-53-37-16-15-33(26-38(37)54-2)41-35-28-40(56-4)39(55-3)27-34(35)25-36(43(50)46-21-23-49(24-22-46)58-30-32-13-9-6-10-14-32)42(41)44(51)47-17-19-48(20-18-47)45(52)57-29-31-11-7-5-8-12-31/h5-16,26-28,36,41-42H,17-25,29-30H2,1-4H3. The highest BCUT2D eigenvalue weighted by molar-refractivity contribution is 5.90. The zero-order chi connectivity index (χ0) is 40.6. The van der Waals surface area contributed by atoms with Gasteiger partial charge in [-0.2, -0.15) is 5.06 Å². The van der Waals surface area contributed by atoms with Crippen LogP contribution in [-0.4, -0.2) is 118 Å². The SMILES string of the molecule is COc1ccc(C2c3cc(OC)c(OC)cc3CC(C(=O)N3CCN(OCc4ccccc4)CC3)C2C(=O)N2CCN(C(=O)OCc3ccccc3)CC2)cc1OC. The van der Waals surface area contributed by atoms with Crippen LogP contribution in [0.2, 0.25) is 0 Å². The number of ether oxygens (including phenoxy) is 5. The molecule has 0 spiro atoms. The highest BCUT2D eigenvalue weighted by atomic mass is 16.7. The number of hydroxylamine groups is 2. The monoisotopic (exact) mass is 792 g/mol. The van der Waals surface area contributed by atoms with Crippen LogP contribution in [0.4, 0.5) is 4.79 Å². The molecule has 3 aliphatic rings. The first kappa shape index (κ1) is 40.4. The number of hydrogen-bond acceptors (Lipinski definition) is 10. The van der Waals surface area contributed by atoms with E-state index >= 15 is 4.79 Å². The fourth-order valence-corrected chi connectivity index (χ4v) is 8.32. The molecule has 3 unspecified atom stereocenters. The van der Waals surface area contributed by atoms with Gasteiger partial charge in [-0.1, -0.05) is 66.7 Å². The van der Waals surface area contributed by atoms with E-state index in [0.29, 0.717) is 88.4 Å². The minimum absolute atomic E-state index is 0.0879. The molecule has 0 N–H and O–H groups in total. The number of piperazine rings is 2. The summed E-state index contributed by atoms with van der Waals surface area (Å²) in [6.07, 6.45) is -0.0997. The molecule has 13 heteroatoms. The van der Waals surface area contributed by atoms with Crippen molar-refractivity contribution in [2.24, 2.45) is 11.8 Å². The predicted octanol–water partition coefficient (Wildman–Crippen LogP) is 5.40. The third-order valence-electron chi connectivity index (χ3n) is 11.4. The second kappa shape index (κ2) is 18.6. The second-order valence-corrected chi connectivity index (χ2v) is 14.7. The zero-order valence-electron chi connectivity index (χ0n) is 33.6. The van der Waals surface area contributed by atoms with Crippen LogP contribution in [-0.2, 0) is 38.8 Å². The number of benzene rings is 4. The van der Waals surface area contributed by atoms with Gasteiger partial charge in [0.15, 0.2) is 23.0 Å². The largest absolute Gasteiger partial charge is 0.493 e. The Hall–Kier alpha value is -5.79. The van der Waals surface area contributed by atoms with E-state index in [9.17, 15) is 9.59 Å². The van der Waals surface area contributed by atoms with Gasteiger partial charge in [-0.25, -0.2) is 4.79 Å². The second-order valence-electron chi connectivity index (χ2n) is 14.7. The average molecular weight is 793 g/mol. The van der Waals surface area contributed by atoms with Gasteiger partial charge in [0.05, 0.1) is 46.9 Å². The summed E-state index contributed by atoms with van der Waals surface area (Å²) in [5.74, 6) is -0.171. The molecular formula is C45H52N4O9. The summed E-state index contributed by atoms with van der Waals surface area (Å²) in [7, 11) is 6.33. The fourth-order valence-electron chi connectivity index (χ4n) is 8.32. The molecule has 0 bridgehead atoms. The minimum Gasteiger partial charge on any atom is -0.493 e. The Bertz CT molecular complexity index is 2030. The smallest absolute Gasteiger partial charge is 0.410 e. The van der Waals surface area contributed by atoms with Crippen molar-refractivity contribution in [3.8, 4) is 23.0 Å². The summed E-state index contributed by atoms with van der Waals surface area (Å²) in [6.45, 7) is 3.79. The number of nitrogens with zero attached hydrogens (tertiary/aromatic N) is 4. The number of methoxy groups -OCH3 is 4. The van der Waals surface area contributed by atoms with E-state index in [1.807, 2.05) is 101 Å². The van der Waals surface area contributed by atoms with Crippen LogP contribution in [0.3, 0.4) is 0 Å². The lowest BCUT2D eigenvalue weighted by Gasteiger charge is -2.44. The van der Waals surface area contributed by atoms with Gasteiger partial charge in [0.1, 0.15) is 6.61 Å². The molecule has 0 radical (unpaired) electrons. The molecule has 58 heavy (non-hydrogen) atoms. The van der Waals surface area contributed by atoms with Crippen molar-refractivity contribution in [2.75, 3.05) is 80.8 Å². The van der Waals surface area contributed by atoms with Crippen LogP contribution >= 0.6 is 0 Å². The van der Waals surface area contributed by atoms with Gasteiger partial charge in [-0.3, -0.25) is 14.4 Å². The molecule has 3 atom stereocenters. The van der Waals surface area contributed by atoms with E-state index in [1.165, 1.54) is 0 Å². The normalized spacial score (nSPS) is 19.5. The first-order chi connectivity index (χ1) is 28.3. The Labute approximate surface area is 339 Å². The van der Waals surface area contributed by atoms with Crippen molar-refractivity contribution in [1.82, 2.24) is 19.8 Å². The van der Waals surface area contributed by atoms with Crippen LogP contribution in [0.25, 0.3) is 0 Å². The lowest BCUT2D eigenvalue weighted by Crippen LogP contribution is -2.57. The van der Waals surface area contributed by atoms with Crippen molar-refractivity contribution in [3.63, 3.8) is 0 Å². The minimum atomic E-state index is -0.792. The van der Waals surface area contributed by atoms with Crippen LogP contribution in [0.1, 0.15) is 33.7 Å². The fraction of sp³-hybridized carbons (Fsp3) is 0.400. The Morgan fingerprint density at radius 1 is 0.569 bits per heavy atom. The van der Waals surface area contributed by atoms with E-state index in [4.69, 9.17) is 28.5 Å². The lowest BCUT2D eigenvalue weighted by molar-refractivity contribution is -0.190. The molecule has 0 aromatic heterocycles. The first-order valence-electron chi connectivity index (χ1n) is 19.7. The molecule has 7 rings (SSSR count). The number of fused-ring (bicyclic) bond motifs is 1. The molecule has 306 valence electrons. The summed E-state index contributed by atoms with van der Waals surface area (Å²) in [6, 6.07) is 29.0. The highest BCUT2D eigenvalue weighted by Crippen LogP contribution is 2.49. The summed E-state index contributed by atoms with van der Waals surface area (Å²) in [5.41, 5.74) is 4.53. The molecule has 2 heterocycles. The van der Waals surface area contributed by atoms with E-state index in [1.54, 1.807) is 38.2 Å².